The second-order valence-electron chi connectivity index (χ2n) is 3.89. The van der Waals surface area contributed by atoms with E-state index in [-0.39, 0.29) is 6.67 Å². The summed E-state index contributed by atoms with van der Waals surface area (Å²) >= 11 is 0. The van der Waals surface area contributed by atoms with Crippen LogP contribution in [0.25, 0.3) is 0 Å². The highest BCUT2D eigenvalue weighted by atomic mass is 19.1. The van der Waals surface area contributed by atoms with Crippen LogP contribution in [0.4, 0.5) is 10.2 Å². The molecule has 0 fully saturated rings. The smallest absolute Gasteiger partial charge is 0.150 e. The number of hydrogen-bond acceptors (Lipinski definition) is 2. The minimum Gasteiger partial charge on any atom is -0.368 e. The third-order valence-corrected chi connectivity index (χ3v) is 1.94. The van der Waals surface area contributed by atoms with Crippen LogP contribution >= 0.6 is 0 Å². The van der Waals surface area contributed by atoms with Crippen molar-refractivity contribution in [3.05, 3.63) is 11.8 Å². The molecule has 0 atom stereocenters. The van der Waals surface area contributed by atoms with Gasteiger partial charge >= 0.3 is 0 Å². The van der Waals surface area contributed by atoms with E-state index in [0.717, 1.165) is 17.9 Å². The van der Waals surface area contributed by atoms with Crippen molar-refractivity contribution >= 4 is 5.82 Å². The molecule has 0 aliphatic rings. The van der Waals surface area contributed by atoms with Crippen LogP contribution in [-0.4, -0.2) is 23.0 Å². The highest BCUT2D eigenvalue weighted by molar-refractivity contribution is 5.41. The van der Waals surface area contributed by atoms with Crippen LogP contribution in [0.15, 0.2) is 6.20 Å². The Morgan fingerprint density at radius 2 is 2.29 bits per heavy atom. The lowest BCUT2D eigenvalue weighted by molar-refractivity contribution is 0.427. The molecule has 0 bridgehead atoms. The number of aryl methyl sites for hydroxylation is 2. The third-order valence-electron chi connectivity index (χ3n) is 1.94. The van der Waals surface area contributed by atoms with Crippen molar-refractivity contribution < 1.29 is 4.39 Å². The molecule has 1 N–H and O–H groups in total. The Hall–Kier alpha value is -1.06. The molecular weight excluding hydrogens is 181 g/mol. The van der Waals surface area contributed by atoms with Crippen LogP contribution < -0.4 is 5.32 Å². The maximum absolute atomic E-state index is 12.1. The first-order chi connectivity index (χ1) is 6.63. The predicted molar refractivity (Wildman–Crippen MR) is 56.3 cm³/mol. The van der Waals surface area contributed by atoms with E-state index in [2.05, 4.69) is 24.3 Å². The largest absolute Gasteiger partial charge is 0.368 e. The van der Waals surface area contributed by atoms with Crippen molar-refractivity contribution in [2.75, 3.05) is 18.5 Å². The lowest BCUT2D eigenvalue weighted by Gasteiger charge is -2.06. The van der Waals surface area contributed by atoms with Crippen LogP contribution in [0.2, 0.25) is 0 Å². The fraction of sp³-hybridized carbons (Fsp3) is 0.700. The van der Waals surface area contributed by atoms with Gasteiger partial charge in [0.05, 0.1) is 6.54 Å². The van der Waals surface area contributed by atoms with Crippen LogP contribution in [0, 0.1) is 12.8 Å². The normalized spacial score (nSPS) is 10.9. The van der Waals surface area contributed by atoms with E-state index in [1.165, 1.54) is 0 Å². The predicted octanol–water partition coefficient (Wildman–Crippen LogP) is 2.23. The zero-order valence-corrected chi connectivity index (χ0v) is 9.05. The maximum Gasteiger partial charge on any atom is 0.150 e. The molecule has 1 rings (SSSR count). The fourth-order valence-corrected chi connectivity index (χ4v) is 1.20. The molecule has 0 saturated heterocycles. The Kier molecular flexibility index (Phi) is 3.92. The van der Waals surface area contributed by atoms with Gasteiger partial charge in [0.1, 0.15) is 6.67 Å². The maximum atomic E-state index is 12.1. The Morgan fingerprint density at radius 1 is 1.57 bits per heavy atom. The van der Waals surface area contributed by atoms with Gasteiger partial charge < -0.3 is 5.32 Å². The number of halogens is 1. The van der Waals surface area contributed by atoms with E-state index in [1.807, 2.05) is 13.1 Å². The molecule has 1 aromatic rings. The zero-order chi connectivity index (χ0) is 10.6. The molecule has 80 valence electrons. The number of alkyl halides is 1. The van der Waals surface area contributed by atoms with Gasteiger partial charge in [0.15, 0.2) is 5.82 Å². The van der Waals surface area contributed by atoms with Crippen LogP contribution in [0.3, 0.4) is 0 Å². The summed E-state index contributed by atoms with van der Waals surface area (Å²) in [7, 11) is 0. The van der Waals surface area contributed by atoms with E-state index in [9.17, 15) is 4.39 Å². The molecule has 0 radical (unpaired) electrons. The number of rotatable bonds is 5. The van der Waals surface area contributed by atoms with Crippen molar-refractivity contribution in [3.63, 3.8) is 0 Å². The minimum atomic E-state index is -0.370. The van der Waals surface area contributed by atoms with Gasteiger partial charge in [-0.15, -0.1) is 0 Å². The van der Waals surface area contributed by atoms with Crippen LogP contribution in [0.1, 0.15) is 19.4 Å². The van der Waals surface area contributed by atoms with Gasteiger partial charge in [-0.1, -0.05) is 13.8 Å². The van der Waals surface area contributed by atoms with Gasteiger partial charge in [0.2, 0.25) is 0 Å². The molecular formula is C10H18FN3. The topological polar surface area (TPSA) is 29.9 Å². The number of nitrogens with zero attached hydrogens (tertiary/aromatic N) is 2. The number of hydrogen-bond donors (Lipinski definition) is 1. The highest BCUT2D eigenvalue weighted by Gasteiger charge is 2.04. The molecule has 3 nitrogen and oxygen atoms in total. The third kappa shape index (κ3) is 3.01. The molecule has 4 heteroatoms. The average Bonchev–Trinajstić information content (AvgIpc) is 2.44. The van der Waals surface area contributed by atoms with Gasteiger partial charge in [0.25, 0.3) is 0 Å². The Labute approximate surface area is 84.3 Å². The van der Waals surface area contributed by atoms with E-state index >= 15 is 0 Å². The molecule has 14 heavy (non-hydrogen) atoms. The molecule has 1 aromatic heterocycles. The summed E-state index contributed by atoms with van der Waals surface area (Å²) < 4.78 is 13.7. The minimum absolute atomic E-state index is 0.337. The van der Waals surface area contributed by atoms with E-state index < -0.39 is 0 Å². The Bertz CT molecular complexity index is 281. The fourth-order valence-electron chi connectivity index (χ4n) is 1.20. The monoisotopic (exact) mass is 199 g/mol. The van der Waals surface area contributed by atoms with Crippen molar-refractivity contribution in [1.82, 2.24) is 9.78 Å². The van der Waals surface area contributed by atoms with Gasteiger partial charge in [-0.25, -0.2) is 4.39 Å². The highest BCUT2D eigenvalue weighted by Crippen LogP contribution is 2.11. The summed E-state index contributed by atoms with van der Waals surface area (Å²) in [5, 5.41) is 7.47. The molecule has 0 aliphatic carbocycles. The van der Waals surface area contributed by atoms with Crippen molar-refractivity contribution in [2.24, 2.45) is 5.92 Å². The molecule has 0 saturated carbocycles. The summed E-state index contributed by atoms with van der Waals surface area (Å²) in [6, 6.07) is 0. The van der Waals surface area contributed by atoms with Crippen LogP contribution in [-0.2, 0) is 6.54 Å². The van der Waals surface area contributed by atoms with E-state index in [1.54, 1.807) is 4.68 Å². The standard InChI is InChI=1S/C10H18FN3/c1-8(2)6-12-10-9(3)7-14(13-10)5-4-11/h7-8H,4-6H2,1-3H3,(H,12,13). The second kappa shape index (κ2) is 4.98. The summed E-state index contributed by atoms with van der Waals surface area (Å²) in [5.41, 5.74) is 1.07. The zero-order valence-electron chi connectivity index (χ0n) is 9.05. The molecule has 0 aliphatic heterocycles. The lowest BCUT2D eigenvalue weighted by atomic mass is 10.2. The van der Waals surface area contributed by atoms with Gasteiger partial charge in [-0.2, -0.15) is 5.10 Å². The molecule has 0 aromatic carbocycles. The van der Waals surface area contributed by atoms with Crippen molar-refractivity contribution in [1.29, 1.82) is 0 Å². The molecule has 0 spiro atoms. The summed E-state index contributed by atoms with van der Waals surface area (Å²) in [5.74, 6) is 1.45. The van der Waals surface area contributed by atoms with E-state index in [0.29, 0.717) is 12.5 Å². The summed E-state index contributed by atoms with van der Waals surface area (Å²) in [6.45, 7) is 7.12. The number of nitrogens with one attached hydrogen (secondary N) is 1. The van der Waals surface area contributed by atoms with Crippen molar-refractivity contribution in [3.8, 4) is 0 Å². The lowest BCUT2D eigenvalue weighted by Crippen LogP contribution is -2.09. The van der Waals surface area contributed by atoms with Gasteiger partial charge in [-0.05, 0) is 12.8 Å². The van der Waals surface area contributed by atoms with E-state index in [4.69, 9.17) is 0 Å². The number of aromatic nitrogens is 2. The SMILES string of the molecule is Cc1cn(CCF)nc1NCC(C)C. The molecule has 0 unspecified atom stereocenters. The Balaban J connectivity index is 2.58. The first kappa shape index (κ1) is 11.0. The average molecular weight is 199 g/mol. The molecule has 0 amide bonds. The van der Waals surface area contributed by atoms with Crippen molar-refractivity contribution in [2.45, 2.75) is 27.3 Å². The number of anilines is 1. The van der Waals surface area contributed by atoms with Gasteiger partial charge in [0, 0.05) is 18.3 Å². The summed E-state index contributed by atoms with van der Waals surface area (Å²) in [4.78, 5) is 0. The first-order valence-electron chi connectivity index (χ1n) is 4.97. The quantitative estimate of drug-likeness (QED) is 0.788. The van der Waals surface area contributed by atoms with Gasteiger partial charge in [-0.3, -0.25) is 4.68 Å². The Morgan fingerprint density at radius 3 is 2.86 bits per heavy atom. The molecule has 1 heterocycles. The second-order valence-corrected chi connectivity index (χ2v) is 3.89. The first-order valence-corrected chi connectivity index (χ1v) is 4.97. The summed E-state index contributed by atoms with van der Waals surface area (Å²) in [6.07, 6.45) is 1.86. The van der Waals surface area contributed by atoms with Crippen LogP contribution in [0.5, 0.6) is 0 Å².